The molecule has 13 heavy (non-hydrogen) atoms. The van der Waals surface area contributed by atoms with Crippen molar-refractivity contribution in [2.75, 3.05) is 5.73 Å². The maximum Gasteiger partial charge on any atom is 0.252 e. The molecule has 2 N–H and O–H groups in total. The number of nitrogens with two attached hydrogens (primary N) is 1. The molecule has 7 heteroatoms. The van der Waals surface area contributed by atoms with Gasteiger partial charge in [-0.2, -0.15) is 4.68 Å². The molecule has 0 aliphatic heterocycles. The smallest absolute Gasteiger partial charge is 0.252 e. The first-order valence-corrected chi connectivity index (χ1v) is 4.48. The third-order valence-electron chi connectivity index (χ3n) is 1.32. The number of halogens is 1. The van der Waals surface area contributed by atoms with Crippen molar-refractivity contribution in [2.45, 2.75) is 0 Å². The highest BCUT2D eigenvalue weighted by molar-refractivity contribution is 14.1. The van der Waals surface area contributed by atoms with Crippen molar-refractivity contribution in [1.29, 1.82) is 0 Å². The van der Waals surface area contributed by atoms with Gasteiger partial charge in [0.1, 0.15) is 6.33 Å². The second-order valence-corrected chi connectivity index (χ2v) is 3.49. The molecule has 2 aromatic heterocycles. The van der Waals surface area contributed by atoms with Gasteiger partial charge in [-0.15, -0.1) is 5.10 Å². The van der Waals surface area contributed by atoms with Gasteiger partial charge in [-0.05, 0) is 22.6 Å². The van der Waals surface area contributed by atoms with E-state index in [1.54, 1.807) is 12.4 Å². The van der Waals surface area contributed by atoms with Crippen LogP contribution in [0.25, 0.3) is 5.95 Å². The number of nitrogen functional groups attached to an aromatic ring is 1. The molecule has 6 nitrogen and oxygen atoms in total. The zero-order chi connectivity index (χ0) is 9.26. The number of aromatic nitrogens is 5. The molecule has 0 saturated carbocycles. The van der Waals surface area contributed by atoms with Crippen molar-refractivity contribution in [1.82, 2.24) is 24.7 Å². The van der Waals surface area contributed by atoms with E-state index in [1.165, 1.54) is 11.0 Å². The van der Waals surface area contributed by atoms with Crippen molar-refractivity contribution in [3.05, 3.63) is 22.3 Å². The maximum absolute atomic E-state index is 5.35. The Morgan fingerprint density at radius 2 is 1.92 bits per heavy atom. The Bertz CT molecular complexity index is 407. The number of hydrogen-bond donors (Lipinski definition) is 1. The summed E-state index contributed by atoms with van der Waals surface area (Å²) in [6.07, 6.45) is 4.86. The van der Waals surface area contributed by atoms with Crippen LogP contribution in [0.2, 0.25) is 0 Å². The first-order chi connectivity index (χ1) is 6.25. The molecule has 66 valence electrons. The average molecular weight is 288 g/mol. The molecular weight excluding hydrogens is 283 g/mol. The molecule has 0 aliphatic rings. The van der Waals surface area contributed by atoms with E-state index < -0.39 is 0 Å². The minimum absolute atomic E-state index is 0.210. The van der Waals surface area contributed by atoms with Crippen LogP contribution in [0.15, 0.2) is 18.7 Å². The standard InChI is InChI=1S/C6H5IN6/c7-4-1-9-6(10-2-4)13-3-11-5(8)12-13/h1-3H,(H2,8,12). The lowest BCUT2D eigenvalue weighted by atomic mass is 10.7. The van der Waals surface area contributed by atoms with Gasteiger partial charge < -0.3 is 5.73 Å². The van der Waals surface area contributed by atoms with E-state index in [2.05, 4.69) is 42.6 Å². The van der Waals surface area contributed by atoms with Gasteiger partial charge in [0.25, 0.3) is 5.95 Å². The summed E-state index contributed by atoms with van der Waals surface area (Å²) in [6.45, 7) is 0. The van der Waals surface area contributed by atoms with Gasteiger partial charge >= 0.3 is 0 Å². The molecule has 0 aromatic carbocycles. The van der Waals surface area contributed by atoms with Crippen molar-refractivity contribution >= 4 is 28.5 Å². The molecule has 0 unspecified atom stereocenters. The van der Waals surface area contributed by atoms with E-state index in [-0.39, 0.29) is 5.95 Å². The number of anilines is 1. The molecule has 0 aliphatic carbocycles. The Hall–Kier alpha value is -1.25. The minimum Gasteiger partial charge on any atom is -0.366 e. The highest BCUT2D eigenvalue weighted by Gasteiger charge is 2.01. The van der Waals surface area contributed by atoms with Crippen LogP contribution in [0, 0.1) is 3.57 Å². The van der Waals surface area contributed by atoms with Crippen molar-refractivity contribution in [3.8, 4) is 5.95 Å². The van der Waals surface area contributed by atoms with Gasteiger partial charge in [-0.1, -0.05) is 0 Å². The third kappa shape index (κ3) is 1.74. The fourth-order valence-corrected chi connectivity index (χ4v) is 1.07. The largest absolute Gasteiger partial charge is 0.366 e. The lowest BCUT2D eigenvalue weighted by Crippen LogP contribution is -2.01. The fourth-order valence-electron chi connectivity index (χ4n) is 0.796. The molecule has 0 saturated heterocycles. The monoisotopic (exact) mass is 288 g/mol. The Morgan fingerprint density at radius 1 is 1.23 bits per heavy atom. The SMILES string of the molecule is Nc1ncn(-c2ncc(I)cn2)n1. The molecule has 0 amide bonds. The fraction of sp³-hybridized carbons (Fsp3) is 0. The summed E-state index contributed by atoms with van der Waals surface area (Å²) in [6, 6.07) is 0. The van der Waals surface area contributed by atoms with Crippen molar-refractivity contribution in [3.63, 3.8) is 0 Å². The van der Waals surface area contributed by atoms with E-state index in [9.17, 15) is 0 Å². The van der Waals surface area contributed by atoms with Gasteiger partial charge in [0, 0.05) is 16.0 Å². The molecule has 0 atom stereocenters. The quantitative estimate of drug-likeness (QED) is 0.760. The van der Waals surface area contributed by atoms with Crippen molar-refractivity contribution < 1.29 is 0 Å². The average Bonchev–Trinajstić information content (AvgIpc) is 2.53. The molecule has 0 spiro atoms. The molecule has 0 fully saturated rings. The summed E-state index contributed by atoms with van der Waals surface area (Å²) in [5.74, 6) is 0.673. The predicted octanol–water partition coefficient (Wildman–Crippen LogP) is 0.244. The van der Waals surface area contributed by atoms with Crippen molar-refractivity contribution in [2.24, 2.45) is 0 Å². The summed E-state index contributed by atoms with van der Waals surface area (Å²) in [4.78, 5) is 11.9. The predicted molar refractivity (Wildman–Crippen MR) is 54.1 cm³/mol. The summed E-state index contributed by atoms with van der Waals surface area (Å²) in [5.41, 5.74) is 5.35. The molecule has 2 heterocycles. The van der Waals surface area contributed by atoms with Crippen LogP contribution < -0.4 is 5.73 Å². The van der Waals surface area contributed by atoms with Gasteiger partial charge in [-0.3, -0.25) is 0 Å². The van der Waals surface area contributed by atoms with Gasteiger partial charge in [0.2, 0.25) is 5.95 Å². The van der Waals surface area contributed by atoms with E-state index in [1.807, 2.05) is 0 Å². The normalized spacial score (nSPS) is 10.2. The third-order valence-corrected chi connectivity index (χ3v) is 1.88. The molecule has 2 aromatic rings. The molecular formula is C6H5IN6. The Labute approximate surface area is 87.4 Å². The van der Waals surface area contributed by atoms with Crippen LogP contribution in [-0.2, 0) is 0 Å². The van der Waals surface area contributed by atoms with Crippen LogP contribution in [-0.4, -0.2) is 24.7 Å². The number of rotatable bonds is 1. The van der Waals surface area contributed by atoms with E-state index in [0.29, 0.717) is 5.95 Å². The summed E-state index contributed by atoms with van der Waals surface area (Å²) in [5, 5.41) is 3.87. The highest BCUT2D eigenvalue weighted by atomic mass is 127. The summed E-state index contributed by atoms with van der Waals surface area (Å²) in [7, 11) is 0. The highest BCUT2D eigenvalue weighted by Crippen LogP contribution is 2.02. The summed E-state index contributed by atoms with van der Waals surface area (Å²) < 4.78 is 2.39. The first kappa shape index (κ1) is 8.35. The number of nitrogens with zero attached hydrogens (tertiary/aromatic N) is 5. The Balaban J connectivity index is 2.41. The number of hydrogen-bond acceptors (Lipinski definition) is 5. The van der Waals surface area contributed by atoms with Gasteiger partial charge in [0.15, 0.2) is 0 Å². The zero-order valence-electron chi connectivity index (χ0n) is 6.42. The second kappa shape index (κ2) is 3.24. The van der Waals surface area contributed by atoms with Crippen LogP contribution in [0.5, 0.6) is 0 Å². The molecule has 0 radical (unpaired) electrons. The van der Waals surface area contributed by atoms with Crippen LogP contribution in [0.3, 0.4) is 0 Å². The van der Waals surface area contributed by atoms with E-state index in [4.69, 9.17) is 5.73 Å². The van der Waals surface area contributed by atoms with Gasteiger partial charge in [-0.25, -0.2) is 15.0 Å². The lowest BCUT2D eigenvalue weighted by Gasteiger charge is -1.95. The van der Waals surface area contributed by atoms with E-state index in [0.717, 1.165) is 3.57 Å². The first-order valence-electron chi connectivity index (χ1n) is 3.41. The van der Waals surface area contributed by atoms with Crippen LogP contribution in [0.1, 0.15) is 0 Å². The second-order valence-electron chi connectivity index (χ2n) is 2.25. The lowest BCUT2D eigenvalue weighted by molar-refractivity contribution is 0.807. The topological polar surface area (TPSA) is 82.5 Å². The van der Waals surface area contributed by atoms with Crippen LogP contribution >= 0.6 is 22.6 Å². The summed E-state index contributed by atoms with van der Waals surface area (Å²) >= 11 is 2.13. The Kier molecular flexibility index (Phi) is 2.08. The zero-order valence-corrected chi connectivity index (χ0v) is 8.58. The molecule has 0 bridgehead atoms. The maximum atomic E-state index is 5.35. The Morgan fingerprint density at radius 3 is 2.46 bits per heavy atom. The van der Waals surface area contributed by atoms with Crippen LogP contribution in [0.4, 0.5) is 5.95 Å². The van der Waals surface area contributed by atoms with Gasteiger partial charge in [0.05, 0.1) is 0 Å². The minimum atomic E-state index is 0.210. The van der Waals surface area contributed by atoms with E-state index >= 15 is 0 Å². The molecule has 2 rings (SSSR count).